The van der Waals surface area contributed by atoms with Crippen LogP contribution in [-0.2, 0) is 12.2 Å². The molecule has 0 unspecified atom stereocenters. The van der Waals surface area contributed by atoms with Gasteiger partial charge in [0.25, 0.3) is 10.8 Å². The fourth-order valence-corrected chi connectivity index (χ4v) is 4.34. The molecule has 3 heterocycles. The van der Waals surface area contributed by atoms with Crippen molar-refractivity contribution in [1.29, 1.82) is 0 Å². The highest BCUT2D eigenvalue weighted by Gasteiger charge is 2.12. The lowest BCUT2D eigenvalue weighted by Gasteiger charge is -2.02. The van der Waals surface area contributed by atoms with E-state index in [2.05, 4.69) is 27.2 Å². The van der Waals surface area contributed by atoms with E-state index in [0.717, 1.165) is 29.2 Å². The Kier molecular flexibility index (Phi) is 5.91. The van der Waals surface area contributed by atoms with Gasteiger partial charge in [-0.05, 0) is 37.6 Å². The normalized spacial score (nSPS) is 11.2. The van der Waals surface area contributed by atoms with Crippen LogP contribution in [0.25, 0.3) is 16.4 Å². The summed E-state index contributed by atoms with van der Waals surface area (Å²) in [6, 6.07) is 8.98. The minimum absolute atomic E-state index is 0.176. The SMILES string of the molecule is CCCc1nn2c(=O)cc(CSc3nnc(-c4ccc(OCC)cc4)o3)nc2s1. The number of nitrogens with zero attached hydrogens (tertiary/aromatic N) is 5. The Morgan fingerprint density at radius 2 is 2.03 bits per heavy atom. The van der Waals surface area contributed by atoms with E-state index in [-0.39, 0.29) is 5.56 Å². The van der Waals surface area contributed by atoms with Crippen LogP contribution in [0.5, 0.6) is 5.75 Å². The predicted octanol–water partition coefficient (Wildman–Crippen LogP) is 3.84. The number of aromatic nitrogens is 5. The van der Waals surface area contributed by atoms with Gasteiger partial charge in [-0.3, -0.25) is 4.79 Å². The first-order valence-corrected chi connectivity index (χ1v) is 11.0. The molecule has 0 atom stereocenters. The largest absolute Gasteiger partial charge is 0.494 e. The highest BCUT2D eigenvalue weighted by atomic mass is 32.2. The summed E-state index contributed by atoms with van der Waals surface area (Å²) in [6.45, 7) is 4.64. The molecule has 0 saturated carbocycles. The Hall–Kier alpha value is -2.72. The molecule has 4 rings (SSSR count). The Labute approximate surface area is 175 Å². The molecule has 4 aromatic rings. The monoisotopic (exact) mass is 429 g/mol. The summed E-state index contributed by atoms with van der Waals surface area (Å²) in [5.74, 6) is 1.69. The number of hydrogen-bond acceptors (Lipinski definition) is 9. The van der Waals surface area contributed by atoms with Gasteiger partial charge < -0.3 is 9.15 Å². The molecule has 0 aliphatic carbocycles. The minimum atomic E-state index is -0.176. The molecule has 3 aromatic heterocycles. The molecule has 0 aliphatic rings. The molecule has 0 amide bonds. The molecular weight excluding hydrogens is 410 g/mol. The highest BCUT2D eigenvalue weighted by Crippen LogP contribution is 2.26. The Balaban J connectivity index is 1.46. The van der Waals surface area contributed by atoms with Gasteiger partial charge in [0.05, 0.1) is 12.3 Å². The van der Waals surface area contributed by atoms with E-state index in [1.165, 1.54) is 33.7 Å². The summed E-state index contributed by atoms with van der Waals surface area (Å²) < 4.78 is 12.5. The fraction of sp³-hybridized carbons (Fsp3) is 0.316. The lowest BCUT2D eigenvalue weighted by molar-refractivity contribution is 0.340. The van der Waals surface area contributed by atoms with Gasteiger partial charge in [0, 0.05) is 23.8 Å². The van der Waals surface area contributed by atoms with Crippen LogP contribution in [0.1, 0.15) is 31.0 Å². The molecule has 0 aliphatic heterocycles. The molecule has 150 valence electrons. The minimum Gasteiger partial charge on any atom is -0.494 e. The van der Waals surface area contributed by atoms with Gasteiger partial charge in [-0.25, -0.2) is 4.98 Å². The molecule has 0 bridgehead atoms. The van der Waals surface area contributed by atoms with E-state index >= 15 is 0 Å². The van der Waals surface area contributed by atoms with E-state index in [9.17, 15) is 4.79 Å². The maximum absolute atomic E-state index is 12.3. The first-order chi connectivity index (χ1) is 14.2. The lowest BCUT2D eigenvalue weighted by Crippen LogP contribution is -2.15. The third-order valence-electron chi connectivity index (χ3n) is 3.97. The quantitative estimate of drug-likeness (QED) is 0.390. The molecule has 0 radical (unpaired) electrons. The molecule has 0 saturated heterocycles. The zero-order chi connectivity index (χ0) is 20.2. The van der Waals surface area contributed by atoms with E-state index in [0.29, 0.717) is 34.1 Å². The molecular formula is C19H19N5O3S2. The number of ether oxygens (including phenoxy) is 1. The van der Waals surface area contributed by atoms with Crippen molar-refractivity contribution in [2.75, 3.05) is 6.61 Å². The summed E-state index contributed by atoms with van der Waals surface area (Å²) in [6.07, 6.45) is 1.82. The Morgan fingerprint density at radius 1 is 1.21 bits per heavy atom. The standard InChI is InChI=1S/C19H19N5O3S2/c1-3-5-15-23-24-16(25)10-13(20-18(24)29-15)11-28-19-22-21-17(27-19)12-6-8-14(9-7-12)26-4-2/h6-10H,3-5,11H2,1-2H3. The zero-order valence-corrected chi connectivity index (χ0v) is 17.6. The Bertz CT molecular complexity index is 1170. The van der Waals surface area contributed by atoms with Crippen LogP contribution in [0.2, 0.25) is 0 Å². The van der Waals surface area contributed by atoms with Crippen LogP contribution < -0.4 is 10.3 Å². The first kappa shape index (κ1) is 19.6. The van der Waals surface area contributed by atoms with Crippen molar-refractivity contribution >= 4 is 28.1 Å². The molecule has 0 N–H and O–H groups in total. The van der Waals surface area contributed by atoms with Gasteiger partial charge in [-0.15, -0.1) is 10.2 Å². The maximum atomic E-state index is 12.3. The van der Waals surface area contributed by atoms with Crippen molar-refractivity contribution in [2.45, 2.75) is 37.7 Å². The van der Waals surface area contributed by atoms with Gasteiger partial charge >= 0.3 is 0 Å². The average molecular weight is 430 g/mol. The average Bonchev–Trinajstić information content (AvgIpc) is 3.35. The van der Waals surface area contributed by atoms with Gasteiger partial charge in [-0.1, -0.05) is 30.0 Å². The van der Waals surface area contributed by atoms with E-state index < -0.39 is 0 Å². The fourth-order valence-electron chi connectivity index (χ4n) is 2.67. The van der Waals surface area contributed by atoms with E-state index in [4.69, 9.17) is 9.15 Å². The number of hydrogen-bond donors (Lipinski definition) is 0. The maximum Gasteiger partial charge on any atom is 0.277 e. The smallest absolute Gasteiger partial charge is 0.277 e. The second-order valence-electron chi connectivity index (χ2n) is 6.15. The molecule has 10 heteroatoms. The molecule has 0 fully saturated rings. The van der Waals surface area contributed by atoms with Crippen LogP contribution in [0, 0.1) is 0 Å². The number of fused-ring (bicyclic) bond motifs is 1. The molecule has 8 nitrogen and oxygen atoms in total. The Morgan fingerprint density at radius 3 is 2.79 bits per heavy atom. The molecule has 29 heavy (non-hydrogen) atoms. The summed E-state index contributed by atoms with van der Waals surface area (Å²) in [5.41, 5.74) is 1.30. The third-order valence-corrected chi connectivity index (χ3v) is 5.79. The van der Waals surface area contributed by atoms with Gasteiger partial charge in [0.15, 0.2) is 0 Å². The van der Waals surface area contributed by atoms with Crippen molar-refractivity contribution in [2.24, 2.45) is 0 Å². The van der Waals surface area contributed by atoms with Gasteiger partial charge in [0.1, 0.15) is 10.8 Å². The summed E-state index contributed by atoms with van der Waals surface area (Å²) in [4.78, 5) is 17.4. The topological polar surface area (TPSA) is 95.4 Å². The van der Waals surface area contributed by atoms with E-state index in [1.807, 2.05) is 31.2 Å². The summed E-state index contributed by atoms with van der Waals surface area (Å²) in [5, 5.41) is 13.8. The van der Waals surface area contributed by atoms with Crippen molar-refractivity contribution in [3.63, 3.8) is 0 Å². The van der Waals surface area contributed by atoms with Gasteiger partial charge in [0.2, 0.25) is 10.9 Å². The predicted molar refractivity (Wildman–Crippen MR) is 112 cm³/mol. The molecule has 0 spiro atoms. The second kappa shape index (κ2) is 8.75. The summed E-state index contributed by atoms with van der Waals surface area (Å²) in [7, 11) is 0. The van der Waals surface area contributed by atoms with Crippen LogP contribution in [-0.4, -0.2) is 31.4 Å². The van der Waals surface area contributed by atoms with Crippen LogP contribution in [0.4, 0.5) is 0 Å². The number of benzene rings is 1. The van der Waals surface area contributed by atoms with Crippen molar-refractivity contribution in [1.82, 2.24) is 24.8 Å². The zero-order valence-electron chi connectivity index (χ0n) is 16.0. The number of thioether (sulfide) groups is 1. The highest BCUT2D eigenvalue weighted by molar-refractivity contribution is 7.98. The third kappa shape index (κ3) is 4.48. The van der Waals surface area contributed by atoms with Crippen LogP contribution in [0.3, 0.4) is 0 Å². The number of rotatable bonds is 8. The molecule has 1 aromatic carbocycles. The van der Waals surface area contributed by atoms with Gasteiger partial charge in [-0.2, -0.15) is 9.61 Å². The summed E-state index contributed by atoms with van der Waals surface area (Å²) >= 11 is 2.79. The lowest BCUT2D eigenvalue weighted by atomic mass is 10.2. The van der Waals surface area contributed by atoms with Crippen molar-refractivity contribution in [3.05, 3.63) is 51.4 Å². The van der Waals surface area contributed by atoms with E-state index in [1.54, 1.807) is 0 Å². The second-order valence-corrected chi connectivity index (χ2v) is 8.11. The van der Waals surface area contributed by atoms with Crippen molar-refractivity contribution < 1.29 is 9.15 Å². The van der Waals surface area contributed by atoms with Crippen LogP contribution >= 0.6 is 23.1 Å². The van der Waals surface area contributed by atoms with Crippen LogP contribution in [0.15, 0.2) is 44.8 Å². The van der Waals surface area contributed by atoms with Crippen molar-refractivity contribution in [3.8, 4) is 17.2 Å². The number of aryl methyl sites for hydroxylation is 1. The first-order valence-electron chi connectivity index (χ1n) is 9.24.